The Balaban J connectivity index is 1.90. The molecule has 30 heavy (non-hydrogen) atoms. The molecule has 2 heterocycles. The highest BCUT2D eigenvalue weighted by atomic mass is 19.1. The van der Waals surface area contributed by atoms with Gasteiger partial charge in [0.15, 0.2) is 0 Å². The van der Waals surface area contributed by atoms with Crippen molar-refractivity contribution < 1.29 is 4.39 Å². The van der Waals surface area contributed by atoms with Crippen LogP contribution in [0.5, 0.6) is 0 Å². The van der Waals surface area contributed by atoms with Crippen molar-refractivity contribution >= 4 is 23.3 Å². The molecule has 1 saturated heterocycles. The summed E-state index contributed by atoms with van der Waals surface area (Å²) in [6.45, 7) is 13.9. The van der Waals surface area contributed by atoms with Gasteiger partial charge >= 0.3 is 0 Å². The zero-order valence-electron chi connectivity index (χ0n) is 18.0. The molecule has 5 nitrogen and oxygen atoms in total. The average molecular weight is 408 g/mol. The van der Waals surface area contributed by atoms with E-state index in [2.05, 4.69) is 34.4 Å². The minimum Gasteiger partial charge on any atom is -0.398 e. The van der Waals surface area contributed by atoms with Crippen LogP contribution in [0.2, 0.25) is 0 Å². The zero-order valence-corrected chi connectivity index (χ0v) is 18.0. The van der Waals surface area contributed by atoms with Gasteiger partial charge in [0.1, 0.15) is 5.83 Å². The summed E-state index contributed by atoms with van der Waals surface area (Å²) >= 11 is 0. The summed E-state index contributed by atoms with van der Waals surface area (Å²) in [5, 5.41) is 3.19. The Bertz CT molecular complexity index is 974. The number of rotatable bonds is 6. The van der Waals surface area contributed by atoms with Gasteiger partial charge in [-0.1, -0.05) is 18.7 Å². The van der Waals surface area contributed by atoms with Crippen LogP contribution in [0.1, 0.15) is 37.8 Å². The van der Waals surface area contributed by atoms with Crippen molar-refractivity contribution in [3.8, 4) is 0 Å². The van der Waals surface area contributed by atoms with Crippen LogP contribution in [0, 0.1) is 0 Å². The summed E-state index contributed by atoms with van der Waals surface area (Å²) in [5.74, 6) is -0.401. The van der Waals surface area contributed by atoms with Crippen LogP contribution in [0.15, 0.2) is 71.6 Å². The highest BCUT2D eigenvalue weighted by Crippen LogP contribution is 2.33. The molecule has 0 radical (unpaired) electrons. The summed E-state index contributed by atoms with van der Waals surface area (Å²) in [5.41, 5.74) is 12.3. The largest absolute Gasteiger partial charge is 0.398 e. The normalized spacial score (nSPS) is 16.6. The first-order valence-corrected chi connectivity index (χ1v) is 10.1. The van der Waals surface area contributed by atoms with E-state index in [4.69, 9.17) is 5.73 Å². The van der Waals surface area contributed by atoms with Crippen LogP contribution in [-0.4, -0.2) is 31.3 Å². The van der Waals surface area contributed by atoms with Gasteiger partial charge in [-0.05, 0) is 38.8 Å². The lowest BCUT2D eigenvalue weighted by molar-refractivity contribution is 0.532. The highest BCUT2D eigenvalue weighted by molar-refractivity contribution is 5.98. The van der Waals surface area contributed by atoms with Crippen LogP contribution in [0.25, 0.3) is 5.70 Å². The average Bonchev–Trinajstić information content (AvgIpc) is 3.21. The molecule has 0 spiro atoms. The Morgan fingerprint density at radius 3 is 2.60 bits per heavy atom. The summed E-state index contributed by atoms with van der Waals surface area (Å²) in [6.07, 6.45) is 9.17. The number of nitrogen functional groups attached to an aromatic ring is 1. The maximum Gasteiger partial charge on any atom is 0.148 e. The maximum absolute atomic E-state index is 14.4. The van der Waals surface area contributed by atoms with Gasteiger partial charge < -0.3 is 20.9 Å². The van der Waals surface area contributed by atoms with Crippen molar-refractivity contribution in [1.29, 1.82) is 0 Å². The third-order valence-electron chi connectivity index (χ3n) is 5.13. The first-order valence-electron chi connectivity index (χ1n) is 10.1. The van der Waals surface area contributed by atoms with Gasteiger partial charge in [0.25, 0.3) is 0 Å². The predicted octanol–water partition coefficient (Wildman–Crippen LogP) is 4.93. The van der Waals surface area contributed by atoms with E-state index in [0.29, 0.717) is 22.8 Å². The van der Waals surface area contributed by atoms with E-state index in [9.17, 15) is 4.39 Å². The minimum absolute atomic E-state index is 0.295. The Morgan fingerprint density at radius 2 is 1.97 bits per heavy atom. The standard InChI is InChI=1S/C24H30FN5/c1-16(2)14-30-15-19(12-22(25)18(30)4)28-17(3)20-8-9-23(29-10-6-7-11-29)21(13-27-5)24(20)26/h8-9,12-15,28H,3-4,6-7,10-11,26H2,1-2,5H3. The van der Waals surface area contributed by atoms with Crippen molar-refractivity contribution in [3.63, 3.8) is 0 Å². The van der Waals surface area contributed by atoms with E-state index >= 15 is 0 Å². The third kappa shape index (κ3) is 4.48. The minimum atomic E-state index is -0.401. The number of nitrogens with one attached hydrogen (secondary N) is 1. The van der Waals surface area contributed by atoms with Crippen molar-refractivity contribution in [2.75, 3.05) is 30.8 Å². The van der Waals surface area contributed by atoms with Crippen molar-refractivity contribution in [3.05, 3.63) is 77.7 Å². The summed E-state index contributed by atoms with van der Waals surface area (Å²) in [4.78, 5) is 8.19. The maximum atomic E-state index is 14.4. The number of allylic oxidation sites excluding steroid dienone is 3. The molecular weight excluding hydrogens is 377 g/mol. The van der Waals surface area contributed by atoms with Gasteiger partial charge in [-0.3, -0.25) is 4.99 Å². The molecule has 2 aliphatic heterocycles. The fourth-order valence-corrected chi connectivity index (χ4v) is 3.70. The van der Waals surface area contributed by atoms with Gasteiger partial charge in [-0.25, -0.2) is 4.39 Å². The van der Waals surface area contributed by atoms with Gasteiger partial charge in [-0.2, -0.15) is 0 Å². The summed E-state index contributed by atoms with van der Waals surface area (Å²) < 4.78 is 14.4. The number of nitrogens with zero attached hydrogens (tertiary/aromatic N) is 3. The third-order valence-corrected chi connectivity index (χ3v) is 5.13. The van der Waals surface area contributed by atoms with Crippen molar-refractivity contribution in [2.24, 2.45) is 4.99 Å². The van der Waals surface area contributed by atoms with Crippen molar-refractivity contribution in [2.45, 2.75) is 26.7 Å². The van der Waals surface area contributed by atoms with Crippen LogP contribution in [0.3, 0.4) is 0 Å². The molecule has 0 unspecified atom stereocenters. The SMILES string of the molecule is C=C(NC1=CN(C=C(C)C)C(=C)C(F)=C1)c1ccc(N2CCCC2)c(C=NC)c1N. The molecular formula is C24H30FN5. The van der Waals surface area contributed by atoms with E-state index < -0.39 is 5.83 Å². The van der Waals surface area contributed by atoms with Gasteiger partial charge in [0.05, 0.1) is 17.1 Å². The van der Waals surface area contributed by atoms with E-state index in [1.54, 1.807) is 24.4 Å². The first kappa shape index (κ1) is 21.4. The highest BCUT2D eigenvalue weighted by Gasteiger charge is 2.20. The van der Waals surface area contributed by atoms with Gasteiger partial charge in [-0.15, -0.1) is 0 Å². The molecule has 0 amide bonds. The topological polar surface area (TPSA) is 56.9 Å². The fraction of sp³-hybridized carbons (Fsp3) is 0.292. The Hall–Kier alpha value is -3.28. The Kier molecular flexibility index (Phi) is 6.45. The lowest BCUT2D eigenvalue weighted by Crippen LogP contribution is -2.22. The molecule has 0 aliphatic carbocycles. The number of aliphatic imine (C=N–C) groups is 1. The second-order valence-electron chi connectivity index (χ2n) is 7.78. The van der Waals surface area contributed by atoms with E-state index in [1.807, 2.05) is 26.1 Å². The molecule has 1 aromatic carbocycles. The van der Waals surface area contributed by atoms with Crippen LogP contribution >= 0.6 is 0 Å². The second-order valence-corrected chi connectivity index (χ2v) is 7.78. The number of nitrogens with two attached hydrogens (primary N) is 1. The van der Waals surface area contributed by atoms with Gasteiger partial charge in [0.2, 0.25) is 0 Å². The smallest absolute Gasteiger partial charge is 0.148 e. The van der Waals surface area contributed by atoms with Crippen LogP contribution in [0.4, 0.5) is 15.8 Å². The molecule has 0 saturated carbocycles. The quantitative estimate of drug-likeness (QED) is 0.519. The molecule has 6 heteroatoms. The Morgan fingerprint density at radius 1 is 1.27 bits per heavy atom. The molecule has 3 N–H and O–H groups in total. The fourth-order valence-electron chi connectivity index (χ4n) is 3.70. The van der Waals surface area contributed by atoms with Crippen molar-refractivity contribution in [1.82, 2.24) is 10.2 Å². The molecule has 0 atom stereocenters. The van der Waals surface area contributed by atoms with E-state index in [1.165, 1.54) is 18.9 Å². The number of halogens is 1. The first-order chi connectivity index (χ1) is 14.3. The summed E-state index contributed by atoms with van der Waals surface area (Å²) in [6, 6.07) is 4.02. The predicted molar refractivity (Wildman–Crippen MR) is 126 cm³/mol. The molecule has 0 bridgehead atoms. The lowest BCUT2D eigenvalue weighted by Gasteiger charge is -2.26. The van der Waals surface area contributed by atoms with Gasteiger partial charge in [0, 0.05) is 67.3 Å². The molecule has 0 aromatic heterocycles. The van der Waals surface area contributed by atoms with E-state index in [-0.39, 0.29) is 0 Å². The molecule has 1 aromatic rings. The second kappa shape index (κ2) is 9.03. The lowest BCUT2D eigenvalue weighted by atomic mass is 10.0. The molecule has 2 aliphatic rings. The molecule has 1 fully saturated rings. The zero-order chi connectivity index (χ0) is 21.8. The number of hydrogen-bond acceptors (Lipinski definition) is 5. The monoisotopic (exact) mass is 407 g/mol. The van der Waals surface area contributed by atoms with E-state index in [0.717, 1.165) is 35.5 Å². The molecule has 3 rings (SSSR count). The number of anilines is 2. The van der Waals surface area contributed by atoms with Crippen LogP contribution in [-0.2, 0) is 0 Å². The number of benzene rings is 1. The number of hydrogen-bond donors (Lipinski definition) is 2. The Labute approximate surface area is 178 Å². The van der Waals surface area contributed by atoms with Crippen LogP contribution < -0.4 is 16.0 Å². The summed E-state index contributed by atoms with van der Waals surface area (Å²) in [7, 11) is 1.73. The molecule has 158 valence electrons.